The fourth-order valence-electron chi connectivity index (χ4n) is 2.71. The van der Waals surface area contributed by atoms with Gasteiger partial charge >= 0.3 is 0 Å². The molecule has 3 N–H and O–H groups in total. The summed E-state index contributed by atoms with van der Waals surface area (Å²) in [5.74, 6) is 0.591. The molecule has 0 spiro atoms. The molecule has 1 amide bonds. The molecule has 2 rings (SSSR count). The number of hydrogen-bond acceptors (Lipinski definition) is 2. The molecule has 0 fully saturated rings. The summed E-state index contributed by atoms with van der Waals surface area (Å²) < 4.78 is 0. The Morgan fingerprint density at radius 3 is 2.29 bits per heavy atom. The lowest BCUT2D eigenvalue weighted by molar-refractivity contribution is -0.121. The molecule has 0 saturated heterocycles. The van der Waals surface area contributed by atoms with E-state index in [2.05, 4.69) is 31.3 Å². The first-order valence-electron chi connectivity index (χ1n) is 8.24. The van der Waals surface area contributed by atoms with E-state index in [0.717, 1.165) is 23.2 Å². The maximum Gasteiger partial charge on any atom is 0.220 e. The number of benzene rings is 2. The van der Waals surface area contributed by atoms with Crippen molar-refractivity contribution in [3.05, 3.63) is 65.7 Å². The number of carbonyl (C=O) groups excluding carboxylic acids is 1. The number of carbonyl (C=O) groups is 1. The number of amides is 1. The number of halogens is 1. The van der Waals surface area contributed by atoms with Crippen LogP contribution in [0.3, 0.4) is 0 Å². The highest BCUT2D eigenvalue weighted by atomic mass is 35.5. The number of para-hydroxylation sites is 1. The van der Waals surface area contributed by atoms with Gasteiger partial charge < -0.3 is 11.1 Å². The third-order valence-corrected chi connectivity index (χ3v) is 3.92. The van der Waals surface area contributed by atoms with E-state index < -0.39 is 0 Å². The first-order chi connectivity index (χ1) is 11.1. The van der Waals surface area contributed by atoms with Crippen LogP contribution in [0.4, 0.5) is 5.69 Å². The Labute approximate surface area is 151 Å². The van der Waals surface area contributed by atoms with Crippen LogP contribution >= 0.6 is 12.4 Å². The minimum Gasteiger partial charge on any atom is -0.399 e. The molecule has 4 heteroatoms. The fourth-order valence-corrected chi connectivity index (χ4v) is 2.71. The van der Waals surface area contributed by atoms with Crippen LogP contribution in [0.1, 0.15) is 43.9 Å². The molecule has 0 heterocycles. The standard InChI is InChI=1S/C20H26N2O.ClH/c1-15(2)14-19(17-9-4-3-5-10-17)22-20(23)13-12-16-8-6-7-11-18(16)21;/h3-11,15,19H,12-14,21H2,1-2H3,(H,22,23);1H. The minimum absolute atomic E-state index is 0. The molecule has 24 heavy (non-hydrogen) atoms. The molecular formula is C20H27ClN2O. The highest BCUT2D eigenvalue weighted by Gasteiger charge is 2.16. The van der Waals surface area contributed by atoms with Gasteiger partial charge in [-0.3, -0.25) is 4.79 Å². The molecule has 2 aromatic rings. The van der Waals surface area contributed by atoms with Gasteiger partial charge in [-0.05, 0) is 36.0 Å². The van der Waals surface area contributed by atoms with Gasteiger partial charge in [0.05, 0.1) is 6.04 Å². The molecule has 0 aliphatic rings. The van der Waals surface area contributed by atoms with Gasteiger partial charge in [0.1, 0.15) is 0 Å². The largest absolute Gasteiger partial charge is 0.399 e. The first kappa shape index (κ1) is 20.0. The summed E-state index contributed by atoms with van der Waals surface area (Å²) in [5.41, 5.74) is 8.88. The van der Waals surface area contributed by atoms with Crippen LogP contribution in [-0.2, 0) is 11.2 Å². The highest BCUT2D eigenvalue weighted by molar-refractivity contribution is 5.85. The van der Waals surface area contributed by atoms with Gasteiger partial charge in [-0.2, -0.15) is 0 Å². The van der Waals surface area contributed by atoms with E-state index in [0.29, 0.717) is 18.8 Å². The van der Waals surface area contributed by atoms with Crippen molar-refractivity contribution >= 4 is 24.0 Å². The zero-order chi connectivity index (χ0) is 16.7. The van der Waals surface area contributed by atoms with E-state index in [1.165, 1.54) is 0 Å². The highest BCUT2D eigenvalue weighted by Crippen LogP contribution is 2.21. The summed E-state index contributed by atoms with van der Waals surface area (Å²) in [6.07, 6.45) is 2.06. The van der Waals surface area contributed by atoms with Crippen LogP contribution in [0.2, 0.25) is 0 Å². The topological polar surface area (TPSA) is 55.1 Å². The van der Waals surface area contributed by atoms with Crippen molar-refractivity contribution in [3.8, 4) is 0 Å². The molecule has 1 unspecified atom stereocenters. The molecule has 2 aromatic carbocycles. The van der Waals surface area contributed by atoms with Crippen LogP contribution in [0, 0.1) is 5.92 Å². The Bertz CT molecular complexity index is 629. The zero-order valence-corrected chi connectivity index (χ0v) is 15.2. The summed E-state index contributed by atoms with van der Waals surface area (Å²) in [4.78, 5) is 12.3. The Kier molecular flexibility index (Phi) is 8.34. The first-order valence-corrected chi connectivity index (χ1v) is 8.24. The van der Waals surface area contributed by atoms with Crippen molar-refractivity contribution in [2.75, 3.05) is 5.73 Å². The van der Waals surface area contributed by atoms with Crippen LogP contribution in [-0.4, -0.2) is 5.91 Å². The Hall–Kier alpha value is -2.00. The predicted molar refractivity (Wildman–Crippen MR) is 103 cm³/mol. The predicted octanol–water partition coefficient (Wildman–Crippen LogP) is 4.53. The second kappa shape index (κ2) is 9.99. The van der Waals surface area contributed by atoms with E-state index in [-0.39, 0.29) is 24.4 Å². The molecule has 0 bridgehead atoms. The zero-order valence-electron chi connectivity index (χ0n) is 14.4. The summed E-state index contributed by atoms with van der Waals surface area (Å²) in [6.45, 7) is 4.35. The van der Waals surface area contributed by atoms with Gasteiger partial charge in [0.2, 0.25) is 5.91 Å². The third kappa shape index (κ3) is 6.25. The van der Waals surface area contributed by atoms with Crippen molar-refractivity contribution in [2.45, 2.75) is 39.2 Å². The summed E-state index contributed by atoms with van der Waals surface area (Å²) in [5, 5.41) is 3.17. The number of nitrogen functional groups attached to an aromatic ring is 1. The SMILES string of the molecule is CC(C)CC(NC(=O)CCc1ccccc1N)c1ccccc1.Cl. The van der Waals surface area contributed by atoms with Gasteiger partial charge in [-0.1, -0.05) is 62.4 Å². The smallest absolute Gasteiger partial charge is 0.220 e. The van der Waals surface area contributed by atoms with Crippen molar-refractivity contribution < 1.29 is 4.79 Å². The second-order valence-corrected chi connectivity index (χ2v) is 6.36. The fraction of sp³-hybridized carbons (Fsp3) is 0.350. The Morgan fingerprint density at radius 2 is 1.67 bits per heavy atom. The lowest BCUT2D eigenvalue weighted by Crippen LogP contribution is -2.29. The van der Waals surface area contributed by atoms with Crippen molar-refractivity contribution in [1.82, 2.24) is 5.32 Å². The summed E-state index contributed by atoms with van der Waals surface area (Å²) in [6, 6.07) is 17.9. The number of nitrogens with two attached hydrogens (primary N) is 1. The van der Waals surface area contributed by atoms with E-state index >= 15 is 0 Å². The number of anilines is 1. The van der Waals surface area contributed by atoms with Crippen LogP contribution in [0.15, 0.2) is 54.6 Å². The molecule has 130 valence electrons. The van der Waals surface area contributed by atoms with Crippen molar-refractivity contribution in [2.24, 2.45) is 5.92 Å². The quantitative estimate of drug-likeness (QED) is 0.724. The normalized spacial score (nSPS) is 11.6. The maximum absolute atomic E-state index is 12.3. The number of nitrogens with one attached hydrogen (secondary N) is 1. The molecule has 0 aromatic heterocycles. The van der Waals surface area contributed by atoms with Gasteiger partial charge in [0.15, 0.2) is 0 Å². The van der Waals surface area contributed by atoms with E-state index in [9.17, 15) is 4.79 Å². The molecule has 1 atom stereocenters. The Morgan fingerprint density at radius 1 is 1.04 bits per heavy atom. The van der Waals surface area contributed by atoms with E-state index in [1.54, 1.807) is 0 Å². The van der Waals surface area contributed by atoms with E-state index in [1.807, 2.05) is 42.5 Å². The monoisotopic (exact) mass is 346 g/mol. The molecule has 0 aliphatic heterocycles. The number of rotatable bonds is 7. The lowest BCUT2D eigenvalue weighted by atomic mass is 9.96. The third-order valence-electron chi connectivity index (χ3n) is 3.92. The maximum atomic E-state index is 12.3. The molecule has 0 aliphatic carbocycles. The Balaban J connectivity index is 0.00000288. The lowest BCUT2D eigenvalue weighted by Gasteiger charge is -2.21. The van der Waals surface area contributed by atoms with Gasteiger partial charge in [0, 0.05) is 12.1 Å². The van der Waals surface area contributed by atoms with Crippen molar-refractivity contribution in [3.63, 3.8) is 0 Å². The van der Waals surface area contributed by atoms with Crippen LogP contribution in [0.5, 0.6) is 0 Å². The minimum atomic E-state index is 0. The molecule has 0 radical (unpaired) electrons. The van der Waals surface area contributed by atoms with E-state index in [4.69, 9.17) is 5.73 Å². The number of aryl methyl sites for hydroxylation is 1. The number of hydrogen-bond donors (Lipinski definition) is 2. The van der Waals surface area contributed by atoms with Crippen molar-refractivity contribution in [1.29, 1.82) is 0 Å². The summed E-state index contributed by atoms with van der Waals surface area (Å²) in [7, 11) is 0. The summed E-state index contributed by atoms with van der Waals surface area (Å²) >= 11 is 0. The van der Waals surface area contributed by atoms with Gasteiger partial charge in [0.25, 0.3) is 0 Å². The van der Waals surface area contributed by atoms with Gasteiger partial charge in [-0.15, -0.1) is 12.4 Å². The van der Waals surface area contributed by atoms with Gasteiger partial charge in [-0.25, -0.2) is 0 Å². The molecule has 0 saturated carbocycles. The van der Waals surface area contributed by atoms with Crippen LogP contribution < -0.4 is 11.1 Å². The molecular weight excluding hydrogens is 320 g/mol. The second-order valence-electron chi connectivity index (χ2n) is 6.36. The average Bonchev–Trinajstić information content (AvgIpc) is 2.54. The van der Waals surface area contributed by atoms with Crippen LogP contribution in [0.25, 0.3) is 0 Å². The average molecular weight is 347 g/mol. The molecule has 3 nitrogen and oxygen atoms in total.